The molecular formula is C17H11F3N2O4. The third-order valence-corrected chi connectivity index (χ3v) is 3.43. The van der Waals surface area contributed by atoms with Gasteiger partial charge < -0.3 is 9.15 Å². The number of oxazole rings is 1. The van der Waals surface area contributed by atoms with E-state index in [0.29, 0.717) is 17.5 Å². The fourth-order valence-corrected chi connectivity index (χ4v) is 2.22. The summed E-state index contributed by atoms with van der Waals surface area (Å²) >= 11 is 0. The molecule has 1 heterocycles. The van der Waals surface area contributed by atoms with Crippen LogP contribution in [0.5, 0.6) is 5.75 Å². The summed E-state index contributed by atoms with van der Waals surface area (Å²) in [6.45, 7) is -0.281. The number of benzene rings is 2. The van der Waals surface area contributed by atoms with E-state index in [4.69, 9.17) is 9.15 Å². The molecule has 0 aliphatic heterocycles. The number of halogens is 3. The smallest absolute Gasteiger partial charge is 0.420 e. The fraction of sp³-hybridized carbons (Fsp3) is 0.118. The summed E-state index contributed by atoms with van der Waals surface area (Å²) in [5, 5.41) is 10.7. The number of hydrogen-bond acceptors (Lipinski definition) is 5. The zero-order valence-electron chi connectivity index (χ0n) is 13.1. The highest BCUT2D eigenvalue weighted by atomic mass is 19.4. The van der Waals surface area contributed by atoms with Crippen molar-refractivity contribution >= 4 is 5.69 Å². The Hall–Kier alpha value is -3.36. The molecule has 1 aromatic heterocycles. The number of nitrogens with zero attached hydrogens (tertiary/aromatic N) is 2. The number of rotatable bonds is 5. The molecule has 0 unspecified atom stereocenters. The van der Waals surface area contributed by atoms with E-state index in [1.54, 1.807) is 24.3 Å². The molecule has 0 radical (unpaired) electrons. The highest BCUT2D eigenvalue weighted by Gasteiger charge is 2.36. The average Bonchev–Trinajstić information content (AvgIpc) is 3.08. The quantitative estimate of drug-likeness (QED) is 0.478. The number of aromatic nitrogens is 1. The zero-order valence-corrected chi connectivity index (χ0v) is 13.1. The van der Waals surface area contributed by atoms with E-state index in [1.807, 2.05) is 6.07 Å². The predicted molar refractivity (Wildman–Crippen MR) is 84.4 cm³/mol. The molecule has 0 spiro atoms. The van der Waals surface area contributed by atoms with E-state index < -0.39 is 28.1 Å². The first-order chi connectivity index (χ1) is 12.3. The number of hydrogen-bond donors (Lipinski definition) is 0. The van der Waals surface area contributed by atoms with E-state index in [9.17, 15) is 23.3 Å². The number of nitro benzene ring substituents is 1. The summed E-state index contributed by atoms with van der Waals surface area (Å²) in [5.74, 6) is -0.212. The maximum absolute atomic E-state index is 13.1. The molecule has 2 aromatic carbocycles. The van der Waals surface area contributed by atoms with Crippen molar-refractivity contribution in [2.45, 2.75) is 12.8 Å². The molecule has 0 bridgehead atoms. The summed E-state index contributed by atoms with van der Waals surface area (Å²) in [4.78, 5) is 13.9. The van der Waals surface area contributed by atoms with Crippen LogP contribution in [0.3, 0.4) is 0 Å². The van der Waals surface area contributed by atoms with Gasteiger partial charge in [0.1, 0.15) is 29.9 Å². The molecule has 3 aromatic rings. The van der Waals surface area contributed by atoms with Gasteiger partial charge in [0.2, 0.25) is 5.89 Å². The third-order valence-electron chi connectivity index (χ3n) is 3.43. The lowest BCUT2D eigenvalue weighted by Gasteiger charge is -2.12. The third kappa shape index (κ3) is 3.82. The van der Waals surface area contributed by atoms with Crippen LogP contribution in [0.25, 0.3) is 11.5 Å². The molecule has 0 aliphatic rings. The van der Waals surface area contributed by atoms with Crippen molar-refractivity contribution in [1.29, 1.82) is 0 Å². The van der Waals surface area contributed by atoms with Crippen LogP contribution in [0.4, 0.5) is 18.9 Å². The van der Waals surface area contributed by atoms with Crippen molar-refractivity contribution in [1.82, 2.24) is 4.98 Å². The lowest BCUT2D eigenvalue weighted by atomic mass is 10.1. The van der Waals surface area contributed by atoms with Crippen LogP contribution >= 0.6 is 0 Å². The van der Waals surface area contributed by atoms with E-state index in [0.717, 1.165) is 12.1 Å². The molecule has 6 nitrogen and oxygen atoms in total. The number of non-ortho nitro benzene ring substituents is 1. The molecule has 0 saturated carbocycles. The molecular weight excluding hydrogens is 353 g/mol. The van der Waals surface area contributed by atoms with Crippen LogP contribution in [0.2, 0.25) is 0 Å². The minimum atomic E-state index is -4.79. The summed E-state index contributed by atoms with van der Waals surface area (Å²) in [6.07, 6.45) is -3.51. The predicted octanol–water partition coefficient (Wildman–Crippen LogP) is 4.85. The standard InChI is InChI=1S/C17H11F3N2O4/c18-17(19,20)14-8-13(22(23)24)6-7-15(14)25-9-12-10-26-16(21-12)11-4-2-1-3-5-11/h1-8,10H,9H2. The van der Waals surface area contributed by atoms with E-state index in [2.05, 4.69) is 4.98 Å². The summed E-state index contributed by atoms with van der Waals surface area (Å²) in [5.41, 5.74) is -0.892. The normalized spacial score (nSPS) is 11.3. The summed E-state index contributed by atoms with van der Waals surface area (Å²) in [6, 6.07) is 11.3. The first kappa shape index (κ1) is 17.5. The maximum atomic E-state index is 13.1. The van der Waals surface area contributed by atoms with Gasteiger partial charge in [-0.25, -0.2) is 4.98 Å². The highest BCUT2D eigenvalue weighted by Crippen LogP contribution is 2.38. The van der Waals surface area contributed by atoms with Gasteiger partial charge in [-0.2, -0.15) is 13.2 Å². The Kier molecular flexibility index (Phi) is 4.61. The fourth-order valence-electron chi connectivity index (χ4n) is 2.22. The monoisotopic (exact) mass is 364 g/mol. The lowest BCUT2D eigenvalue weighted by molar-refractivity contribution is -0.385. The van der Waals surface area contributed by atoms with Crippen molar-refractivity contribution in [3.8, 4) is 17.2 Å². The summed E-state index contributed by atoms with van der Waals surface area (Å²) in [7, 11) is 0. The van der Waals surface area contributed by atoms with Crippen LogP contribution in [-0.2, 0) is 12.8 Å². The average molecular weight is 364 g/mol. The minimum Gasteiger partial charge on any atom is -0.487 e. The van der Waals surface area contributed by atoms with E-state index in [1.165, 1.54) is 6.26 Å². The summed E-state index contributed by atoms with van der Waals surface area (Å²) < 4.78 is 49.8. The Balaban J connectivity index is 1.80. The maximum Gasteiger partial charge on any atom is 0.420 e. The minimum absolute atomic E-state index is 0.281. The van der Waals surface area contributed by atoms with Crippen LogP contribution in [0.1, 0.15) is 11.3 Å². The first-order valence-electron chi connectivity index (χ1n) is 7.33. The van der Waals surface area contributed by atoms with Crippen molar-refractivity contribution in [2.24, 2.45) is 0 Å². The molecule has 134 valence electrons. The van der Waals surface area contributed by atoms with Crippen molar-refractivity contribution < 1.29 is 27.2 Å². The molecule has 0 N–H and O–H groups in total. The van der Waals surface area contributed by atoms with Gasteiger partial charge in [-0.3, -0.25) is 10.1 Å². The Bertz CT molecular complexity index is 923. The zero-order chi connectivity index (χ0) is 18.7. The molecule has 0 fully saturated rings. The molecule has 0 atom stereocenters. The lowest BCUT2D eigenvalue weighted by Crippen LogP contribution is -2.09. The Labute approximate surface area is 145 Å². The van der Waals surface area contributed by atoms with E-state index in [-0.39, 0.29) is 12.3 Å². The Morgan fingerprint density at radius 3 is 2.54 bits per heavy atom. The second kappa shape index (κ2) is 6.87. The second-order valence-electron chi connectivity index (χ2n) is 5.23. The number of nitro groups is 1. The van der Waals surface area contributed by atoms with Gasteiger partial charge in [-0.05, 0) is 18.2 Å². The highest BCUT2D eigenvalue weighted by molar-refractivity contribution is 5.52. The Morgan fingerprint density at radius 1 is 1.15 bits per heavy atom. The van der Waals surface area contributed by atoms with Gasteiger partial charge in [-0.15, -0.1) is 0 Å². The van der Waals surface area contributed by atoms with Crippen LogP contribution < -0.4 is 4.74 Å². The van der Waals surface area contributed by atoms with Gasteiger partial charge in [0.25, 0.3) is 5.69 Å². The van der Waals surface area contributed by atoms with Crippen molar-refractivity contribution in [2.75, 3.05) is 0 Å². The molecule has 0 aliphatic carbocycles. The van der Waals surface area contributed by atoms with E-state index >= 15 is 0 Å². The van der Waals surface area contributed by atoms with Crippen molar-refractivity contribution in [3.63, 3.8) is 0 Å². The van der Waals surface area contributed by atoms with Gasteiger partial charge in [0.05, 0.1) is 4.92 Å². The molecule has 0 amide bonds. The first-order valence-corrected chi connectivity index (χ1v) is 7.33. The molecule has 9 heteroatoms. The number of ether oxygens (including phenoxy) is 1. The second-order valence-corrected chi connectivity index (χ2v) is 5.23. The van der Waals surface area contributed by atoms with Gasteiger partial charge >= 0.3 is 6.18 Å². The molecule has 0 saturated heterocycles. The van der Waals surface area contributed by atoms with Crippen LogP contribution in [0, 0.1) is 10.1 Å². The topological polar surface area (TPSA) is 78.4 Å². The van der Waals surface area contributed by atoms with Crippen molar-refractivity contribution in [3.05, 3.63) is 76.2 Å². The molecule has 3 rings (SSSR count). The van der Waals surface area contributed by atoms with Gasteiger partial charge in [0, 0.05) is 17.7 Å². The van der Waals surface area contributed by atoms with Gasteiger partial charge in [0.15, 0.2) is 0 Å². The van der Waals surface area contributed by atoms with Crippen LogP contribution in [0.15, 0.2) is 59.2 Å². The van der Waals surface area contributed by atoms with Crippen LogP contribution in [-0.4, -0.2) is 9.91 Å². The molecule has 26 heavy (non-hydrogen) atoms. The Morgan fingerprint density at radius 2 is 1.88 bits per heavy atom. The SMILES string of the molecule is O=[N+]([O-])c1ccc(OCc2coc(-c3ccccc3)n2)c(C(F)(F)F)c1. The van der Waals surface area contributed by atoms with Gasteiger partial charge in [-0.1, -0.05) is 18.2 Å². The number of alkyl halides is 3. The largest absolute Gasteiger partial charge is 0.487 e.